The molecule has 2 N–H and O–H groups in total. The van der Waals surface area contributed by atoms with Crippen LogP contribution in [0.2, 0.25) is 5.02 Å². The molecule has 2 aromatic carbocycles. The number of amides is 2. The molecule has 5 rings (SSSR count). The Bertz CT molecular complexity index is 1320. The molecular formula is C28H29ClN4O4S. The standard InChI is InChI=1S/C28H29ClN4O4S/c1-17-25(27(35)32-20-8-10-22(36-2)11-9-20)26(18-5-3-6-19(29)13-18)33-21(16-38-28(33)31-17)14-24(34)30-15-23-7-4-12-37-23/h3,5-6,8-11,13,16,23,26H,4,7,12,14-15H2,1-2H3,(H,30,34)(H,32,35). The molecule has 0 radical (unpaired) electrons. The largest absolute Gasteiger partial charge is 0.497 e. The molecule has 3 aliphatic heterocycles. The summed E-state index contributed by atoms with van der Waals surface area (Å²) >= 11 is 7.82. The number of benzene rings is 2. The van der Waals surface area contributed by atoms with E-state index in [0.717, 1.165) is 35.9 Å². The third kappa shape index (κ3) is 5.75. The smallest absolute Gasteiger partial charge is 0.255 e. The number of methoxy groups -OCH3 is 1. The lowest BCUT2D eigenvalue weighted by molar-refractivity contribution is -0.121. The summed E-state index contributed by atoms with van der Waals surface area (Å²) in [6.07, 6.45) is 2.19. The molecule has 2 atom stereocenters. The first-order chi connectivity index (χ1) is 18.4. The van der Waals surface area contributed by atoms with Gasteiger partial charge in [0.25, 0.3) is 5.91 Å². The van der Waals surface area contributed by atoms with Gasteiger partial charge in [-0.3, -0.25) is 9.59 Å². The van der Waals surface area contributed by atoms with E-state index in [0.29, 0.717) is 34.3 Å². The number of anilines is 1. The number of fused-ring (bicyclic) bond motifs is 1. The summed E-state index contributed by atoms with van der Waals surface area (Å²) in [7, 11) is 1.59. The van der Waals surface area contributed by atoms with E-state index in [1.807, 2.05) is 35.4 Å². The molecule has 8 nitrogen and oxygen atoms in total. The molecule has 0 saturated carbocycles. The zero-order chi connectivity index (χ0) is 26.6. The van der Waals surface area contributed by atoms with Crippen molar-refractivity contribution in [2.75, 3.05) is 25.6 Å². The Kier molecular flexibility index (Phi) is 8.06. The lowest BCUT2D eigenvalue weighted by atomic mass is 9.93. The minimum Gasteiger partial charge on any atom is -0.497 e. The molecule has 38 heavy (non-hydrogen) atoms. The van der Waals surface area contributed by atoms with Crippen molar-refractivity contribution in [3.8, 4) is 5.75 Å². The molecule has 0 aliphatic carbocycles. The second-order valence-corrected chi connectivity index (χ2v) is 10.5. The molecule has 2 unspecified atom stereocenters. The fourth-order valence-electron chi connectivity index (χ4n) is 4.78. The number of hydrogen-bond acceptors (Lipinski definition) is 7. The predicted molar refractivity (Wildman–Crippen MR) is 150 cm³/mol. The van der Waals surface area contributed by atoms with Gasteiger partial charge in [0.05, 0.1) is 36.9 Å². The van der Waals surface area contributed by atoms with Crippen LogP contribution >= 0.6 is 23.4 Å². The fraction of sp³-hybridized carbons (Fsp3) is 0.321. The Morgan fingerprint density at radius 3 is 2.76 bits per heavy atom. The van der Waals surface area contributed by atoms with E-state index in [9.17, 15) is 9.59 Å². The maximum Gasteiger partial charge on any atom is 0.255 e. The molecule has 0 aromatic heterocycles. The Balaban J connectivity index is 1.42. The SMILES string of the molecule is COc1ccc(NC(=O)C2=C(C)N=C3SC=C(CC(=O)NCC4CCCO4)N3C2c2cccc(Cl)c2)cc1. The van der Waals surface area contributed by atoms with Crippen LogP contribution in [0.15, 0.2) is 75.9 Å². The van der Waals surface area contributed by atoms with E-state index >= 15 is 0 Å². The number of rotatable bonds is 8. The van der Waals surface area contributed by atoms with Crippen LogP contribution in [0.1, 0.15) is 37.8 Å². The number of aliphatic imine (C=N–C) groups is 1. The maximum absolute atomic E-state index is 13.7. The summed E-state index contributed by atoms with van der Waals surface area (Å²) in [5, 5.41) is 9.20. The van der Waals surface area contributed by atoms with Gasteiger partial charge in [-0.15, -0.1) is 0 Å². The van der Waals surface area contributed by atoms with Crippen LogP contribution in [0.25, 0.3) is 0 Å². The summed E-state index contributed by atoms with van der Waals surface area (Å²) in [6.45, 7) is 3.06. The number of carbonyl (C=O) groups excluding carboxylic acids is 2. The van der Waals surface area contributed by atoms with Crippen LogP contribution in [0, 0.1) is 0 Å². The molecule has 3 heterocycles. The Morgan fingerprint density at radius 2 is 2.05 bits per heavy atom. The van der Waals surface area contributed by atoms with Crippen molar-refractivity contribution < 1.29 is 19.1 Å². The summed E-state index contributed by atoms with van der Waals surface area (Å²) in [5.74, 6) is 0.317. The van der Waals surface area contributed by atoms with Crippen LogP contribution < -0.4 is 15.4 Å². The quantitative estimate of drug-likeness (QED) is 0.465. The third-order valence-corrected chi connectivity index (χ3v) is 7.77. The predicted octanol–water partition coefficient (Wildman–Crippen LogP) is 5.25. The van der Waals surface area contributed by atoms with E-state index < -0.39 is 6.04 Å². The number of thioether (sulfide) groups is 1. The first-order valence-electron chi connectivity index (χ1n) is 12.5. The van der Waals surface area contributed by atoms with Crippen LogP contribution in [0.4, 0.5) is 5.69 Å². The van der Waals surface area contributed by atoms with E-state index in [-0.39, 0.29) is 24.3 Å². The van der Waals surface area contributed by atoms with Crippen molar-refractivity contribution in [1.29, 1.82) is 0 Å². The maximum atomic E-state index is 13.7. The van der Waals surface area contributed by atoms with Gasteiger partial charge in [-0.1, -0.05) is 35.5 Å². The zero-order valence-corrected chi connectivity index (χ0v) is 22.8. The molecule has 1 saturated heterocycles. The molecule has 0 bridgehead atoms. The highest BCUT2D eigenvalue weighted by molar-refractivity contribution is 8.16. The van der Waals surface area contributed by atoms with Crippen LogP contribution in [0.3, 0.4) is 0 Å². The van der Waals surface area contributed by atoms with Gasteiger partial charge in [-0.05, 0) is 67.1 Å². The third-order valence-electron chi connectivity index (χ3n) is 6.65. The fourth-order valence-corrected chi connectivity index (χ4v) is 5.95. The number of hydrogen-bond donors (Lipinski definition) is 2. The van der Waals surface area contributed by atoms with Gasteiger partial charge in [0, 0.05) is 29.6 Å². The molecule has 0 spiro atoms. The first kappa shape index (κ1) is 26.3. The lowest BCUT2D eigenvalue weighted by Gasteiger charge is -2.36. The Labute approximate surface area is 231 Å². The number of ether oxygens (including phenoxy) is 2. The molecule has 3 aliphatic rings. The highest BCUT2D eigenvalue weighted by Crippen LogP contribution is 2.45. The average molecular weight is 553 g/mol. The normalized spacial score (nSPS) is 20.6. The number of nitrogens with zero attached hydrogens (tertiary/aromatic N) is 2. The van der Waals surface area contributed by atoms with Gasteiger partial charge in [0.2, 0.25) is 5.91 Å². The van der Waals surface area contributed by atoms with Crippen molar-refractivity contribution in [2.24, 2.45) is 4.99 Å². The average Bonchev–Trinajstić information content (AvgIpc) is 3.57. The first-order valence-corrected chi connectivity index (χ1v) is 13.7. The number of allylic oxidation sites excluding steroid dienone is 1. The zero-order valence-electron chi connectivity index (χ0n) is 21.2. The van der Waals surface area contributed by atoms with E-state index in [2.05, 4.69) is 10.6 Å². The molecule has 10 heteroatoms. The molecule has 198 valence electrons. The second-order valence-electron chi connectivity index (χ2n) is 9.25. The molecule has 1 fully saturated rings. The monoisotopic (exact) mass is 552 g/mol. The van der Waals surface area contributed by atoms with Crippen LogP contribution in [-0.2, 0) is 14.3 Å². The number of carbonyl (C=O) groups is 2. The van der Waals surface area contributed by atoms with Gasteiger partial charge in [-0.2, -0.15) is 0 Å². The minimum absolute atomic E-state index is 0.0658. The van der Waals surface area contributed by atoms with Gasteiger partial charge in [0.1, 0.15) is 5.75 Å². The van der Waals surface area contributed by atoms with Crippen LogP contribution in [0.5, 0.6) is 5.75 Å². The summed E-state index contributed by atoms with van der Waals surface area (Å²) in [6, 6.07) is 14.1. The van der Waals surface area contributed by atoms with Crippen molar-refractivity contribution in [1.82, 2.24) is 10.2 Å². The van der Waals surface area contributed by atoms with E-state index in [1.54, 1.807) is 37.4 Å². The number of nitrogens with one attached hydrogen (secondary N) is 2. The van der Waals surface area contributed by atoms with Crippen LogP contribution in [-0.4, -0.2) is 48.2 Å². The van der Waals surface area contributed by atoms with Crippen molar-refractivity contribution in [2.45, 2.75) is 38.3 Å². The highest BCUT2D eigenvalue weighted by atomic mass is 35.5. The van der Waals surface area contributed by atoms with Crippen molar-refractivity contribution >= 4 is 46.0 Å². The van der Waals surface area contributed by atoms with Crippen molar-refractivity contribution in [3.63, 3.8) is 0 Å². The molecule has 2 aromatic rings. The summed E-state index contributed by atoms with van der Waals surface area (Å²) in [4.78, 5) is 33.3. The highest BCUT2D eigenvalue weighted by Gasteiger charge is 2.40. The van der Waals surface area contributed by atoms with Gasteiger partial charge >= 0.3 is 0 Å². The molecule has 2 amide bonds. The van der Waals surface area contributed by atoms with Gasteiger partial charge in [0.15, 0.2) is 5.17 Å². The Morgan fingerprint density at radius 1 is 1.24 bits per heavy atom. The lowest BCUT2D eigenvalue weighted by Crippen LogP contribution is -2.39. The second kappa shape index (κ2) is 11.6. The van der Waals surface area contributed by atoms with Gasteiger partial charge < -0.3 is 25.0 Å². The summed E-state index contributed by atoms with van der Waals surface area (Å²) < 4.78 is 10.8. The minimum atomic E-state index is -0.508. The molecular weight excluding hydrogens is 524 g/mol. The van der Waals surface area contributed by atoms with E-state index in [1.165, 1.54) is 11.8 Å². The van der Waals surface area contributed by atoms with Crippen molar-refractivity contribution in [3.05, 3.63) is 81.5 Å². The van der Waals surface area contributed by atoms with Gasteiger partial charge in [-0.25, -0.2) is 4.99 Å². The topological polar surface area (TPSA) is 92.3 Å². The summed E-state index contributed by atoms with van der Waals surface area (Å²) in [5.41, 5.74) is 3.33. The Hall–Kier alpha value is -3.27. The number of halogens is 1. The number of amidine groups is 1. The van der Waals surface area contributed by atoms with E-state index in [4.69, 9.17) is 26.1 Å².